The molecule has 1 nitrogen and oxygen atoms in total. The molecule has 0 saturated heterocycles. The standard InChI is InChI=1S/C26H55N/c1-8-11-14-16-18-20-22-25(4,5)27(24-13-10-3)26(6,7)23-21-19-17-15-12-9-2/h8-24H2,1-7H3. The highest BCUT2D eigenvalue weighted by Crippen LogP contribution is 2.33. The Labute approximate surface area is 174 Å². The van der Waals surface area contributed by atoms with Crippen molar-refractivity contribution >= 4 is 0 Å². The minimum absolute atomic E-state index is 0.325. The van der Waals surface area contributed by atoms with E-state index in [1.165, 1.54) is 109 Å². The van der Waals surface area contributed by atoms with Crippen molar-refractivity contribution in [3.8, 4) is 0 Å². The Bertz CT molecular complexity index is 290. The molecule has 0 aromatic heterocycles. The molecule has 0 unspecified atom stereocenters. The van der Waals surface area contributed by atoms with E-state index in [1.54, 1.807) is 0 Å². The van der Waals surface area contributed by atoms with Gasteiger partial charge in [0.05, 0.1) is 0 Å². The fraction of sp³-hybridized carbons (Fsp3) is 1.00. The molecule has 0 N–H and O–H groups in total. The molecule has 0 heterocycles. The lowest BCUT2D eigenvalue weighted by atomic mass is 9.85. The molecule has 0 atom stereocenters. The molecule has 0 aliphatic heterocycles. The smallest absolute Gasteiger partial charge is 0.0158 e. The maximum atomic E-state index is 2.88. The maximum absolute atomic E-state index is 2.88. The molecule has 0 aliphatic rings. The predicted molar refractivity (Wildman–Crippen MR) is 126 cm³/mol. The highest BCUT2D eigenvalue weighted by molar-refractivity contribution is 4.92. The minimum Gasteiger partial charge on any atom is -0.293 e. The molecule has 0 aromatic carbocycles. The average molecular weight is 382 g/mol. The van der Waals surface area contributed by atoms with Crippen LogP contribution < -0.4 is 0 Å². The monoisotopic (exact) mass is 381 g/mol. The van der Waals surface area contributed by atoms with Crippen LogP contribution in [-0.2, 0) is 0 Å². The Hall–Kier alpha value is -0.0400. The Balaban J connectivity index is 4.55. The number of rotatable bonds is 19. The summed E-state index contributed by atoms with van der Waals surface area (Å²) in [6, 6.07) is 0. The van der Waals surface area contributed by atoms with E-state index < -0.39 is 0 Å². The topological polar surface area (TPSA) is 3.24 Å². The van der Waals surface area contributed by atoms with Gasteiger partial charge in [0.1, 0.15) is 0 Å². The maximum Gasteiger partial charge on any atom is 0.0158 e. The Morgan fingerprint density at radius 3 is 1.15 bits per heavy atom. The summed E-state index contributed by atoms with van der Waals surface area (Å²) < 4.78 is 0. The highest BCUT2D eigenvalue weighted by atomic mass is 15.2. The van der Waals surface area contributed by atoms with Crippen LogP contribution in [0.3, 0.4) is 0 Å². The second-order valence-corrected chi connectivity index (χ2v) is 10.2. The van der Waals surface area contributed by atoms with Crippen LogP contribution in [-0.4, -0.2) is 22.5 Å². The summed E-state index contributed by atoms with van der Waals surface area (Å²) in [5, 5.41) is 0. The van der Waals surface area contributed by atoms with Gasteiger partial charge in [0.25, 0.3) is 0 Å². The van der Waals surface area contributed by atoms with Crippen LogP contribution >= 0.6 is 0 Å². The van der Waals surface area contributed by atoms with Crippen molar-refractivity contribution in [3.63, 3.8) is 0 Å². The number of hydrogen-bond acceptors (Lipinski definition) is 1. The summed E-state index contributed by atoms with van der Waals surface area (Å²) in [7, 11) is 0. The van der Waals surface area contributed by atoms with Gasteiger partial charge in [-0.1, -0.05) is 104 Å². The summed E-state index contributed by atoms with van der Waals surface area (Å²) in [5.41, 5.74) is 0.650. The van der Waals surface area contributed by atoms with Gasteiger partial charge < -0.3 is 0 Å². The molecule has 0 amide bonds. The highest BCUT2D eigenvalue weighted by Gasteiger charge is 2.36. The van der Waals surface area contributed by atoms with E-state index in [2.05, 4.69) is 53.4 Å². The Morgan fingerprint density at radius 2 is 0.778 bits per heavy atom. The second kappa shape index (κ2) is 15.8. The normalized spacial score (nSPS) is 12.9. The van der Waals surface area contributed by atoms with Crippen LogP contribution in [0.4, 0.5) is 0 Å². The average Bonchev–Trinajstić information content (AvgIpc) is 2.61. The second-order valence-electron chi connectivity index (χ2n) is 10.2. The van der Waals surface area contributed by atoms with Gasteiger partial charge in [0.15, 0.2) is 0 Å². The van der Waals surface area contributed by atoms with Gasteiger partial charge in [-0.2, -0.15) is 0 Å². The molecule has 0 bridgehead atoms. The van der Waals surface area contributed by atoms with Crippen molar-refractivity contribution in [2.75, 3.05) is 6.54 Å². The zero-order chi connectivity index (χ0) is 20.6. The third-order valence-electron chi connectivity index (χ3n) is 6.48. The summed E-state index contributed by atoms with van der Waals surface area (Å²) in [6.45, 7) is 18.3. The molecule has 164 valence electrons. The van der Waals surface area contributed by atoms with Gasteiger partial charge >= 0.3 is 0 Å². The SMILES string of the molecule is CCCCCCCCC(C)(C)N(CCCC)C(C)(C)CCCCCCCC. The van der Waals surface area contributed by atoms with Crippen molar-refractivity contribution in [1.82, 2.24) is 4.90 Å². The largest absolute Gasteiger partial charge is 0.293 e. The van der Waals surface area contributed by atoms with Gasteiger partial charge in [-0.25, -0.2) is 0 Å². The molecule has 0 radical (unpaired) electrons. The molecule has 27 heavy (non-hydrogen) atoms. The zero-order valence-corrected chi connectivity index (χ0v) is 20.5. The van der Waals surface area contributed by atoms with Crippen LogP contribution in [0.2, 0.25) is 0 Å². The zero-order valence-electron chi connectivity index (χ0n) is 20.5. The van der Waals surface area contributed by atoms with Crippen molar-refractivity contribution in [2.24, 2.45) is 0 Å². The van der Waals surface area contributed by atoms with E-state index in [1.807, 2.05) is 0 Å². The van der Waals surface area contributed by atoms with E-state index in [0.29, 0.717) is 11.1 Å². The van der Waals surface area contributed by atoms with E-state index in [4.69, 9.17) is 0 Å². The van der Waals surface area contributed by atoms with Crippen molar-refractivity contribution in [2.45, 2.75) is 162 Å². The molecule has 0 aromatic rings. The first-order valence-corrected chi connectivity index (χ1v) is 12.6. The fourth-order valence-electron chi connectivity index (χ4n) is 4.69. The van der Waals surface area contributed by atoms with Crippen LogP contribution in [0.5, 0.6) is 0 Å². The Kier molecular flexibility index (Phi) is 15.8. The molecular formula is C26H55N. The molecule has 0 aliphatic carbocycles. The number of unbranched alkanes of at least 4 members (excludes halogenated alkanes) is 11. The van der Waals surface area contributed by atoms with Crippen molar-refractivity contribution in [3.05, 3.63) is 0 Å². The van der Waals surface area contributed by atoms with Crippen LogP contribution in [0.1, 0.15) is 151 Å². The quantitative estimate of drug-likeness (QED) is 0.202. The Morgan fingerprint density at radius 1 is 0.444 bits per heavy atom. The minimum atomic E-state index is 0.325. The predicted octanol–water partition coefficient (Wildman–Crippen LogP) is 9.15. The first-order chi connectivity index (χ1) is 12.8. The first kappa shape index (κ1) is 27.0. The van der Waals surface area contributed by atoms with E-state index in [9.17, 15) is 0 Å². The third-order valence-corrected chi connectivity index (χ3v) is 6.48. The van der Waals surface area contributed by atoms with E-state index >= 15 is 0 Å². The number of nitrogens with zero attached hydrogens (tertiary/aromatic N) is 1. The summed E-state index contributed by atoms with van der Waals surface area (Å²) in [4.78, 5) is 2.88. The van der Waals surface area contributed by atoms with Gasteiger partial charge in [0.2, 0.25) is 0 Å². The summed E-state index contributed by atoms with van der Waals surface area (Å²) >= 11 is 0. The lowest BCUT2D eigenvalue weighted by molar-refractivity contribution is 0.00191. The van der Waals surface area contributed by atoms with Crippen molar-refractivity contribution in [1.29, 1.82) is 0 Å². The van der Waals surface area contributed by atoms with Gasteiger partial charge in [-0.15, -0.1) is 0 Å². The first-order valence-electron chi connectivity index (χ1n) is 12.6. The fourth-order valence-corrected chi connectivity index (χ4v) is 4.69. The van der Waals surface area contributed by atoms with Gasteiger partial charge in [-0.3, -0.25) is 4.90 Å². The molecule has 0 rings (SSSR count). The van der Waals surface area contributed by atoms with E-state index in [-0.39, 0.29) is 0 Å². The van der Waals surface area contributed by atoms with Crippen LogP contribution in [0.25, 0.3) is 0 Å². The van der Waals surface area contributed by atoms with Crippen molar-refractivity contribution < 1.29 is 0 Å². The summed E-state index contributed by atoms with van der Waals surface area (Å²) in [5.74, 6) is 0. The molecule has 0 saturated carbocycles. The lowest BCUT2D eigenvalue weighted by Gasteiger charge is -2.49. The molecule has 1 heteroatoms. The van der Waals surface area contributed by atoms with Crippen LogP contribution in [0, 0.1) is 0 Å². The van der Waals surface area contributed by atoms with Gasteiger partial charge in [-0.05, 0) is 53.5 Å². The third kappa shape index (κ3) is 12.9. The van der Waals surface area contributed by atoms with Crippen LogP contribution in [0.15, 0.2) is 0 Å². The van der Waals surface area contributed by atoms with Gasteiger partial charge in [0, 0.05) is 11.1 Å². The lowest BCUT2D eigenvalue weighted by Crippen LogP contribution is -2.55. The van der Waals surface area contributed by atoms with E-state index in [0.717, 1.165) is 0 Å². The number of hydrogen-bond donors (Lipinski definition) is 0. The summed E-state index contributed by atoms with van der Waals surface area (Å²) in [6.07, 6.45) is 22.2. The molecular weight excluding hydrogens is 326 g/mol. The molecule has 0 fully saturated rings. The molecule has 0 spiro atoms.